The second-order valence-electron chi connectivity index (χ2n) is 7.89. The van der Waals surface area contributed by atoms with Crippen LogP contribution in [0.25, 0.3) is 0 Å². The number of carbonyl (C=O) groups excluding carboxylic acids is 3. The van der Waals surface area contributed by atoms with Gasteiger partial charge in [0, 0.05) is 24.4 Å². The third-order valence-electron chi connectivity index (χ3n) is 4.73. The number of likely N-dealkylation sites (tertiary alicyclic amines) is 1. The number of hydrogen-bond donors (Lipinski definition) is 1. The lowest BCUT2D eigenvalue weighted by atomic mass is 9.90. The van der Waals surface area contributed by atoms with Crippen LogP contribution >= 0.6 is 0 Å². The van der Waals surface area contributed by atoms with Gasteiger partial charge in [-0.2, -0.15) is 0 Å². The van der Waals surface area contributed by atoms with Gasteiger partial charge in [-0.1, -0.05) is 20.8 Å². The fourth-order valence-electron chi connectivity index (χ4n) is 3.12. The van der Waals surface area contributed by atoms with Crippen LogP contribution in [-0.4, -0.2) is 48.4 Å². The minimum atomic E-state index is -0.508. The van der Waals surface area contributed by atoms with Crippen LogP contribution in [0.2, 0.25) is 0 Å². The highest BCUT2D eigenvalue weighted by Gasteiger charge is 2.40. The highest BCUT2D eigenvalue weighted by atomic mass is 16.5. The molecule has 6 nitrogen and oxygen atoms in total. The molecule has 1 saturated carbocycles. The van der Waals surface area contributed by atoms with Gasteiger partial charge in [0.15, 0.2) is 0 Å². The first-order chi connectivity index (χ1) is 11.2. The van der Waals surface area contributed by atoms with Crippen molar-refractivity contribution in [1.29, 1.82) is 0 Å². The molecule has 136 valence electrons. The van der Waals surface area contributed by atoms with Crippen LogP contribution in [0, 0.1) is 17.3 Å². The van der Waals surface area contributed by atoms with Gasteiger partial charge in [0.25, 0.3) is 0 Å². The lowest BCUT2D eigenvalue weighted by Gasteiger charge is -2.35. The molecule has 0 aromatic carbocycles. The van der Waals surface area contributed by atoms with Crippen molar-refractivity contribution in [1.82, 2.24) is 10.2 Å². The maximum absolute atomic E-state index is 12.5. The number of carbonyl (C=O) groups is 3. The molecule has 0 aromatic rings. The van der Waals surface area contributed by atoms with Crippen molar-refractivity contribution in [3.63, 3.8) is 0 Å². The van der Waals surface area contributed by atoms with Gasteiger partial charge in [-0.15, -0.1) is 0 Å². The lowest BCUT2D eigenvalue weighted by molar-refractivity contribution is -0.149. The Hall–Kier alpha value is -1.59. The summed E-state index contributed by atoms with van der Waals surface area (Å²) in [6.45, 7) is 9.02. The highest BCUT2D eigenvalue weighted by Crippen LogP contribution is 2.33. The van der Waals surface area contributed by atoms with Crippen molar-refractivity contribution in [3.8, 4) is 0 Å². The molecule has 1 heterocycles. The number of hydrogen-bond acceptors (Lipinski definition) is 4. The molecule has 6 heteroatoms. The van der Waals surface area contributed by atoms with Gasteiger partial charge < -0.3 is 15.0 Å². The Morgan fingerprint density at radius 3 is 2.17 bits per heavy atom. The van der Waals surface area contributed by atoms with Crippen molar-refractivity contribution in [3.05, 3.63) is 0 Å². The molecule has 2 amide bonds. The Kier molecular flexibility index (Phi) is 5.88. The average molecular weight is 338 g/mol. The van der Waals surface area contributed by atoms with Crippen molar-refractivity contribution in [2.24, 2.45) is 17.3 Å². The van der Waals surface area contributed by atoms with Gasteiger partial charge in [-0.3, -0.25) is 9.59 Å². The first-order valence-corrected chi connectivity index (χ1v) is 9.00. The summed E-state index contributed by atoms with van der Waals surface area (Å²) in [6.07, 6.45) is 3.21. The van der Waals surface area contributed by atoms with E-state index in [1.165, 1.54) is 0 Å². The second kappa shape index (κ2) is 7.53. The Labute approximate surface area is 144 Å². The van der Waals surface area contributed by atoms with Crippen molar-refractivity contribution in [2.45, 2.75) is 59.4 Å². The second-order valence-corrected chi connectivity index (χ2v) is 7.89. The summed E-state index contributed by atoms with van der Waals surface area (Å²) in [4.78, 5) is 38.6. The number of rotatable bonds is 5. The first-order valence-electron chi connectivity index (χ1n) is 9.00. The predicted octanol–water partition coefficient (Wildman–Crippen LogP) is 1.73. The molecule has 2 rings (SSSR count). The molecule has 0 aromatic heterocycles. The number of piperidine rings is 1. The van der Waals surface area contributed by atoms with E-state index >= 15 is 0 Å². The summed E-state index contributed by atoms with van der Waals surface area (Å²) in [7, 11) is 0. The van der Waals surface area contributed by atoms with Gasteiger partial charge in [0.2, 0.25) is 11.8 Å². The summed E-state index contributed by atoms with van der Waals surface area (Å²) >= 11 is 0. The molecule has 2 fully saturated rings. The Bertz CT molecular complexity index is 486. The Morgan fingerprint density at radius 1 is 1.12 bits per heavy atom. The van der Waals surface area contributed by atoms with E-state index in [1.54, 1.807) is 6.92 Å². The van der Waals surface area contributed by atoms with E-state index < -0.39 is 11.5 Å². The molecule has 1 saturated heterocycles. The topological polar surface area (TPSA) is 75.7 Å². The number of nitrogens with one attached hydrogen (secondary N) is 1. The molecule has 1 atom stereocenters. The van der Waals surface area contributed by atoms with Gasteiger partial charge in [0.05, 0.1) is 6.61 Å². The molecule has 1 N–H and O–H groups in total. The van der Waals surface area contributed by atoms with Gasteiger partial charge in [-0.25, -0.2) is 4.79 Å². The average Bonchev–Trinajstić information content (AvgIpc) is 3.35. The maximum Gasteiger partial charge on any atom is 0.328 e. The Morgan fingerprint density at radius 2 is 1.71 bits per heavy atom. The quantitative estimate of drug-likeness (QED) is 0.775. The zero-order valence-corrected chi connectivity index (χ0v) is 15.3. The minimum absolute atomic E-state index is 0.0807. The fraction of sp³-hybridized carbons (Fsp3) is 0.833. The lowest BCUT2D eigenvalue weighted by Crippen LogP contribution is -2.50. The summed E-state index contributed by atoms with van der Waals surface area (Å²) < 4.78 is 5.07. The molecule has 24 heavy (non-hydrogen) atoms. The number of ether oxygens (including phenoxy) is 1. The number of nitrogens with zero attached hydrogens (tertiary/aromatic N) is 1. The summed E-state index contributed by atoms with van der Waals surface area (Å²) in [5, 5.41) is 2.89. The van der Waals surface area contributed by atoms with E-state index in [9.17, 15) is 14.4 Å². The third kappa shape index (κ3) is 4.71. The summed E-state index contributed by atoms with van der Waals surface area (Å²) in [6, 6.07) is -0.508. The van der Waals surface area contributed by atoms with Gasteiger partial charge in [0.1, 0.15) is 6.04 Å². The summed E-state index contributed by atoms with van der Waals surface area (Å²) in [5.41, 5.74) is -0.393. The number of amides is 2. The van der Waals surface area contributed by atoms with Gasteiger partial charge in [-0.05, 0) is 38.5 Å². The monoisotopic (exact) mass is 338 g/mol. The maximum atomic E-state index is 12.5. The summed E-state index contributed by atoms with van der Waals surface area (Å²) in [5.74, 6) is -0.194. The zero-order chi connectivity index (χ0) is 17.9. The molecule has 0 bridgehead atoms. The fourth-order valence-corrected chi connectivity index (χ4v) is 3.12. The normalized spacial score (nSPS) is 20.4. The molecular weight excluding hydrogens is 308 g/mol. The van der Waals surface area contributed by atoms with Crippen molar-refractivity contribution in [2.75, 3.05) is 19.7 Å². The van der Waals surface area contributed by atoms with Crippen LogP contribution in [0.4, 0.5) is 0 Å². The van der Waals surface area contributed by atoms with Crippen molar-refractivity contribution >= 4 is 17.8 Å². The van der Waals surface area contributed by atoms with E-state index in [-0.39, 0.29) is 29.6 Å². The third-order valence-corrected chi connectivity index (χ3v) is 4.73. The molecular formula is C18H30N2O4. The SMILES string of the molecule is CCOC(=O)[C@@H](NC(=O)C1CCN(C(=O)C(C)(C)C)CC1)C1CC1. The van der Waals surface area contributed by atoms with E-state index in [0.29, 0.717) is 32.5 Å². The Balaban J connectivity index is 1.86. The van der Waals surface area contributed by atoms with E-state index in [1.807, 2.05) is 25.7 Å². The number of esters is 1. The smallest absolute Gasteiger partial charge is 0.328 e. The van der Waals surface area contributed by atoms with Gasteiger partial charge >= 0.3 is 5.97 Å². The van der Waals surface area contributed by atoms with Crippen molar-refractivity contribution < 1.29 is 19.1 Å². The van der Waals surface area contributed by atoms with Crippen LogP contribution in [0.1, 0.15) is 53.4 Å². The first kappa shape index (κ1) is 18.7. The molecule has 0 unspecified atom stereocenters. The van der Waals surface area contributed by atoms with Crippen LogP contribution in [-0.2, 0) is 19.1 Å². The predicted molar refractivity (Wildman–Crippen MR) is 90.0 cm³/mol. The van der Waals surface area contributed by atoms with Crippen LogP contribution in [0.5, 0.6) is 0 Å². The standard InChI is InChI=1S/C18H30N2O4/c1-5-24-16(22)14(12-6-7-12)19-15(21)13-8-10-20(11-9-13)17(23)18(2,3)4/h12-14H,5-11H2,1-4H3,(H,19,21)/t14-/m0/s1. The van der Waals surface area contributed by atoms with Crippen LogP contribution < -0.4 is 5.32 Å². The largest absolute Gasteiger partial charge is 0.464 e. The molecule has 0 radical (unpaired) electrons. The van der Waals surface area contributed by atoms with E-state index in [0.717, 1.165) is 12.8 Å². The molecule has 1 aliphatic heterocycles. The molecule has 1 aliphatic carbocycles. The zero-order valence-electron chi connectivity index (χ0n) is 15.3. The van der Waals surface area contributed by atoms with Crippen LogP contribution in [0.3, 0.4) is 0 Å². The van der Waals surface area contributed by atoms with E-state index in [2.05, 4.69) is 5.32 Å². The minimum Gasteiger partial charge on any atom is -0.464 e. The van der Waals surface area contributed by atoms with Crippen LogP contribution in [0.15, 0.2) is 0 Å². The highest BCUT2D eigenvalue weighted by molar-refractivity contribution is 5.87. The molecule has 0 spiro atoms. The van der Waals surface area contributed by atoms with E-state index in [4.69, 9.17) is 4.74 Å². The molecule has 2 aliphatic rings.